The van der Waals surface area contributed by atoms with Gasteiger partial charge in [-0.1, -0.05) is 31.0 Å². The maximum atomic E-state index is 14.6. The zero-order valence-electron chi connectivity index (χ0n) is 17.5. The molecule has 0 spiro atoms. The molecule has 0 unspecified atom stereocenters. The van der Waals surface area contributed by atoms with Crippen LogP contribution in [0.2, 0.25) is 0 Å². The summed E-state index contributed by atoms with van der Waals surface area (Å²) in [4.78, 5) is 20.6. The minimum Gasteiger partial charge on any atom is -0.365 e. The molecule has 9 heteroatoms. The Hall–Kier alpha value is -3.72. The molecule has 7 N–H and O–H groups in total. The van der Waals surface area contributed by atoms with Crippen LogP contribution in [0.4, 0.5) is 33.2 Å². The number of nitrogens with zero attached hydrogens (tertiary/aromatic N) is 2. The summed E-state index contributed by atoms with van der Waals surface area (Å²) in [5.74, 6) is -0.595. The van der Waals surface area contributed by atoms with E-state index in [9.17, 15) is 9.18 Å². The van der Waals surface area contributed by atoms with Crippen molar-refractivity contribution in [2.45, 2.75) is 37.8 Å². The highest BCUT2D eigenvalue weighted by atomic mass is 19.1. The average Bonchev–Trinajstić information content (AvgIpc) is 2.79. The second-order valence-corrected chi connectivity index (χ2v) is 7.83. The first-order chi connectivity index (χ1) is 15.5. The zero-order valence-corrected chi connectivity index (χ0v) is 17.5. The molecule has 0 radical (unpaired) electrons. The monoisotopic (exact) mass is 435 g/mol. The Kier molecular flexibility index (Phi) is 6.46. The van der Waals surface area contributed by atoms with Gasteiger partial charge in [-0.05, 0) is 43.2 Å². The summed E-state index contributed by atoms with van der Waals surface area (Å²) >= 11 is 0. The zero-order chi connectivity index (χ0) is 22.5. The summed E-state index contributed by atoms with van der Waals surface area (Å²) in [6.07, 6.45) is 5.38. The SMILES string of the molecule is NC(=O)c1cc(F)c(N[C@@H]2CCCC[C@@H]2N)nc1Nc1ccc(Nc2ccccc2)nc1. The smallest absolute Gasteiger partial charge is 0.252 e. The summed E-state index contributed by atoms with van der Waals surface area (Å²) < 4.78 is 14.6. The summed E-state index contributed by atoms with van der Waals surface area (Å²) in [6, 6.07) is 14.1. The number of para-hydroxylation sites is 1. The number of benzene rings is 1. The number of carbonyl (C=O) groups excluding carboxylic acids is 1. The normalized spacial score (nSPS) is 18.1. The fourth-order valence-electron chi connectivity index (χ4n) is 3.74. The lowest BCUT2D eigenvalue weighted by Crippen LogP contribution is -2.43. The maximum absolute atomic E-state index is 14.6. The first kappa shape index (κ1) is 21.5. The van der Waals surface area contributed by atoms with Crippen molar-refractivity contribution in [2.24, 2.45) is 11.5 Å². The van der Waals surface area contributed by atoms with Crippen molar-refractivity contribution in [3.8, 4) is 0 Å². The molecule has 0 bridgehead atoms. The number of hydrogen-bond donors (Lipinski definition) is 5. The van der Waals surface area contributed by atoms with Crippen molar-refractivity contribution in [3.05, 3.63) is 66.1 Å². The molecule has 1 aliphatic carbocycles. The number of amides is 1. The molecule has 0 aliphatic heterocycles. The van der Waals surface area contributed by atoms with Crippen LogP contribution in [-0.4, -0.2) is 28.0 Å². The first-order valence-electron chi connectivity index (χ1n) is 10.6. The van der Waals surface area contributed by atoms with E-state index in [2.05, 4.69) is 25.9 Å². The third-order valence-electron chi connectivity index (χ3n) is 5.46. The first-order valence-corrected chi connectivity index (χ1v) is 10.6. The Morgan fingerprint density at radius 1 is 1.00 bits per heavy atom. The van der Waals surface area contributed by atoms with Crippen LogP contribution in [0.25, 0.3) is 0 Å². The quantitative estimate of drug-likeness (QED) is 0.380. The van der Waals surface area contributed by atoms with E-state index in [0.717, 1.165) is 37.4 Å². The molecule has 1 fully saturated rings. The van der Waals surface area contributed by atoms with E-state index >= 15 is 0 Å². The maximum Gasteiger partial charge on any atom is 0.252 e. The fourth-order valence-corrected chi connectivity index (χ4v) is 3.74. The lowest BCUT2D eigenvalue weighted by Gasteiger charge is -2.30. The second-order valence-electron chi connectivity index (χ2n) is 7.83. The summed E-state index contributed by atoms with van der Waals surface area (Å²) in [5.41, 5.74) is 13.1. The van der Waals surface area contributed by atoms with Gasteiger partial charge >= 0.3 is 0 Å². The van der Waals surface area contributed by atoms with Crippen molar-refractivity contribution >= 4 is 34.7 Å². The van der Waals surface area contributed by atoms with Crippen molar-refractivity contribution in [2.75, 3.05) is 16.0 Å². The number of aromatic nitrogens is 2. The molecule has 2 aromatic heterocycles. The van der Waals surface area contributed by atoms with Gasteiger partial charge in [-0.3, -0.25) is 4.79 Å². The highest BCUT2D eigenvalue weighted by Gasteiger charge is 2.24. The average molecular weight is 436 g/mol. The van der Waals surface area contributed by atoms with Crippen molar-refractivity contribution in [1.29, 1.82) is 0 Å². The Bertz CT molecular complexity index is 1080. The van der Waals surface area contributed by atoms with Crippen LogP contribution in [0.3, 0.4) is 0 Å². The highest BCUT2D eigenvalue weighted by molar-refractivity contribution is 5.98. The molecule has 2 atom stereocenters. The van der Waals surface area contributed by atoms with Gasteiger partial charge in [-0.25, -0.2) is 14.4 Å². The van der Waals surface area contributed by atoms with E-state index < -0.39 is 11.7 Å². The number of rotatable bonds is 7. The van der Waals surface area contributed by atoms with Gasteiger partial charge in [0, 0.05) is 17.8 Å². The molecular weight excluding hydrogens is 409 g/mol. The van der Waals surface area contributed by atoms with Crippen LogP contribution in [0.1, 0.15) is 36.0 Å². The van der Waals surface area contributed by atoms with Gasteiger partial charge in [0.2, 0.25) is 0 Å². The van der Waals surface area contributed by atoms with Crippen LogP contribution < -0.4 is 27.4 Å². The number of hydrogen-bond acceptors (Lipinski definition) is 7. The molecule has 4 rings (SSSR count). The van der Waals surface area contributed by atoms with Crippen LogP contribution in [-0.2, 0) is 0 Å². The molecule has 1 saturated carbocycles. The van der Waals surface area contributed by atoms with Gasteiger partial charge in [-0.15, -0.1) is 0 Å². The van der Waals surface area contributed by atoms with E-state index in [1.807, 2.05) is 30.3 Å². The molecular formula is C23H26FN7O. The molecule has 1 aliphatic rings. The lowest BCUT2D eigenvalue weighted by atomic mass is 9.91. The molecule has 1 amide bonds. The molecule has 166 valence electrons. The van der Waals surface area contributed by atoms with Gasteiger partial charge in [0.25, 0.3) is 5.91 Å². The summed E-state index contributed by atoms with van der Waals surface area (Å²) in [6.45, 7) is 0. The fraction of sp³-hybridized carbons (Fsp3) is 0.261. The number of carbonyl (C=O) groups is 1. The van der Waals surface area contributed by atoms with Crippen LogP contribution in [0, 0.1) is 5.82 Å². The lowest BCUT2D eigenvalue weighted by molar-refractivity contribution is 0.100. The number of anilines is 5. The number of pyridine rings is 2. The molecule has 8 nitrogen and oxygen atoms in total. The molecule has 3 aromatic rings. The third-order valence-corrected chi connectivity index (χ3v) is 5.46. The highest BCUT2D eigenvalue weighted by Crippen LogP contribution is 2.27. The predicted octanol–water partition coefficient (Wildman–Crippen LogP) is 3.88. The minimum atomic E-state index is -0.782. The number of halogens is 1. The topological polar surface area (TPSA) is 131 Å². The van der Waals surface area contributed by atoms with E-state index in [4.69, 9.17) is 11.5 Å². The van der Waals surface area contributed by atoms with Gasteiger partial charge in [0.1, 0.15) is 11.6 Å². The third kappa shape index (κ3) is 5.12. The minimum absolute atomic E-state index is 0.0372. The Morgan fingerprint density at radius 3 is 2.47 bits per heavy atom. The Balaban J connectivity index is 1.54. The van der Waals surface area contributed by atoms with Crippen molar-refractivity contribution < 1.29 is 9.18 Å². The van der Waals surface area contributed by atoms with Crippen LogP contribution in [0.15, 0.2) is 54.7 Å². The van der Waals surface area contributed by atoms with E-state index in [-0.39, 0.29) is 29.3 Å². The number of nitrogens with two attached hydrogens (primary N) is 2. The Morgan fingerprint density at radius 2 is 1.78 bits per heavy atom. The number of primary amides is 1. The number of nitrogens with one attached hydrogen (secondary N) is 3. The van der Waals surface area contributed by atoms with Crippen LogP contribution >= 0.6 is 0 Å². The standard InChI is InChI=1S/C23H26FN7O/c24-17-12-16(21(26)32)22(31-23(17)30-19-9-5-4-8-18(19)25)29-15-10-11-20(27-13-15)28-14-6-2-1-3-7-14/h1-3,6-7,10-13,18-19H,4-5,8-9,25H2,(H2,26,32)(H,27,28)(H2,29,30,31)/t18-,19+/m0/s1. The predicted molar refractivity (Wildman–Crippen MR) is 124 cm³/mol. The molecule has 0 saturated heterocycles. The van der Waals surface area contributed by atoms with E-state index in [0.29, 0.717) is 11.5 Å². The van der Waals surface area contributed by atoms with Gasteiger partial charge < -0.3 is 27.4 Å². The summed E-state index contributed by atoms with van der Waals surface area (Å²) in [7, 11) is 0. The van der Waals surface area contributed by atoms with Gasteiger partial charge in [0.15, 0.2) is 11.6 Å². The van der Waals surface area contributed by atoms with E-state index in [1.165, 1.54) is 0 Å². The second kappa shape index (κ2) is 9.61. The van der Waals surface area contributed by atoms with Crippen molar-refractivity contribution in [1.82, 2.24) is 9.97 Å². The summed E-state index contributed by atoms with van der Waals surface area (Å²) in [5, 5.41) is 9.31. The Labute approximate surface area is 185 Å². The van der Waals surface area contributed by atoms with Gasteiger partial charge in [-0.2, -0.15) is 0 Å². The van der Waals surface area contributed by atoms with Crippen molar-refractivity contribution in [3.63, 3.8) is 0 Å². The molecule has 1 aromatic carbocycles. The van der Waals surface area contributed by atoms with E-state index in [1.54, 1.807) is 18.3 Å². The molecule has 32 heavy (non-hydrogen) atoms. The largest absolute Gasteiger partial charge is 0.365 e. The van der Waals surface area contributed by atoms with Gasteiger partial charge in [0.05, 0.1) is 17.4 Å². The molecule has 2 heterocycles. The van der Waals surface area contributed by atoms with Crippen LogP contribution in [0.5, 0.6) is 0 Å².